The van der Waals surface area contributed by atoms with Gasteiger partial charge in [0.1, 0.15) is 5.82 Å². The van der Waals surface area contributed by atoms with Gasteiger partial charge in [0.15, 0.2) is 5.69 Å². The van der Waals surface area contributed by atoms with E-state index in [2.05, 4.69) is 10.3 Å². The molecule has 0 aliphatic heterocycles. The van der Waals surface area contributed by atoms with Gasteiger partial charge in [-0.2, -0.15) is 13.2 Å². The van der Waals surface area contributed by atoms with E-state index in [1.807, 2.05) is 0 Å². The zero-order chi connectivity index (χ0) is 14.8. The molecule has 1 heterocycles. The maximum Gasteiger partial charge on any atom is 0.418 e. The molecule has 2 rings (SSSR count). The fraction of sp³-hybridized carbons (Fsp3) is 0.0769. The maximum absolute atomic E-state index is 12.8. The summed E-state index contributed by atoms with van der Waals surface area (Å²) in [4.78, 5) is 14.5. The van der Waals surface area contributed by atoms with E-state index in [4.69, 9.17) is 5.11 Å². The number of hydrogen-bond donors (Lipinski definition) is 2. The topological polar surface area (TPSA) is 62.2 Å². The number of carbonyl (C=O) groups is 1. The summed E-state index contributed by atoms with van der Waals surface area (Å²) in [6, 6.07) is 8.94. The second-order valence-corrected chi connectivity index (χ2v) is 3.88. The van der Waals surface area contributed by atoms with Crippen LogP contribution in [-0.4, -0.2) is 16.1 Å². The molecule has 0 fully saturated rings. The van der Waals surface area contributed by atoms with Crippen molar-refractivity contribution in [1.29, 1.82) is 0 Å². The first-order valence-electron chi connectivity index (χ1n) is 5.51. The van der Waals surface area contributed by atoms with Gasteiger partial charge < -0.3 is 10.4 Å². The third kappa shape index (κ3) is 3.05. The normalized spacial score (nSPS) is 11.2. The van der Waals surface area contributed by atoms with Crippen LogP contribution < -0.4 is 5.32 Å². The van der Waals surface area contributed by atoms with Crippen molar-refractivity contribution in [3.63, 3.8) is 0 Å². The molecule has 0 bridgehead atoms. The summed E-state index contributed by atoms with van der Waals surface area (Å²) < 4.78 is 38.4. The highest BCUT2D eigenvalue weighted by molar-refractivity contribution is 5.85. The minimum Gasteiger partial charge on any atom is -0.477 e. The number of nitrogens with one attached hydrogen (secondary N) is 1. The number of benzene rings is 1. The van der Waals surface area contributed by atoms with Gasteiger partial charge in [-0.25, -0.2) is 9.78 Å². The third-order valence-electron chi connectivity index (χ3n) is 2.46. The molecule has 0 unspecified atom stereocenters. The smallest absolute Gasteiger partial charge is 0.418 e. The molecule has 2 N–H and O–H groups in total. The van der Waals surface area contributed by atoms with Crippen LogP contribution in [0.5, 0.6) is 0 Å². The predicted molar refractivity (Wildman–Crippen MR) is 65.9 cm³/mol. The fourth-order valence-electron chi connectivity index (χ4n) is 1.60. The summed E-state index contributed by atoms with van der Waals surface area (Å²) >= 11 is 0. The fourth-order valence-corrected chi connectivity index (χ4v) is 1.60. The molecular formula is C13H9F3N2O2. The third-order valence-corrected chi connectivity index (χ3v) is 2.46. The van der Waals surface area contributed by atoms with Gasteiger partial charge in [0.2, 0.25) is 0 Å². The molecule has 1 aromatic heterocycles. The number of nitrogens with zero attached hydrogens (tertiary/aromatic N) is 1. The van der Waals surface area contributed by atoms with Crippen LogP contribution in [-0.2, 0) is 6.18 Å². The largest absolute Gasteiger partial charge is 0.477 e. The molecule has 0 spiro atoms. The molecule has 1 aromatic carbocycles. The van der Waals surface area contributed by atoms with Crippen molar-refractivity contribution in [2.24, 2.45) is 0 Å². The number of alkyl halides is 3. The predicted octanol–water partition coefficient (Wildman–Crippen LogP) is 3.54. The Morgan fingerprint density at radius 3 is 2.45 bits per heavy atom. The SMILES string of the molecule is O=C(O)c1cccc(Nc2ccccc2C(F)(F)F)n1. The molecule has 2 aromatic rings. The lowest BCUT2D eigenvalue weighted by molar-refractivity contribution is -0.136. The van der Waals surface area contributed by atoms with Crippen LogP contribution in [0.1, 0.15) is 16.1 Å². The van der Waals surface area contributed by atoms with Gasteiger partial charge in [0.05, 0.1) is 11.3 Å². The lowest BCUT2D eigenvalue weighted by atomic mass is 10.1. The van der Waals surface area contributed by atoms with Crippen LogP contribution in [0.3, 0.4) is 0 Å². The Bertz CT molecular complexity index is 642. The van der Waals surface area contributed by atoms with E-state index in [1.54, 1.807) is 0 Å². The van der Waals surface area contributed by atoms with Gasteiger partial charge in [0, 0.05) is 0 Å². The van der Waals surface area contributed by atoms with Gasteiger partial charge in [-0.05, 0) is 24.3 Å². The van der Waals surface area contributed by atoms with Crippen LogP contribution >= 0.6 is 0 Å². The number of hydrogen-bond acceptors (Lipinski definition) is 3. The van der Waals surface area contributed by atoms with Crippen molar-refractivity contribution < 1.29 is 23.1 Å². The monoisotopic (exact) mass is 282 g/mol. The number of halogens is 3. The van der Waals surface area contributed by atoms with E-state index >= 15 is 0 Å². The molecule has 0 aliphatic carbocycles. The Morgan fingerprint density at radius 1 is 1.10 bits per heavy atom. The summed E-state index contributed by atoms with van der Waals surface area (Å²) in [7, 11) is 0. The highest BCUT2D eigenvalue weighted by atomic mass is 19.4. The summed E-state index contributed by atoms with van der Waals surface area (Å²) in [5.74, 6) is -1.22. The summed E-state index contributed by atoms with van der Waals surface area (Å²) in [6.45, 7) is 0. The lowest BCUT2D eigenvalue weighted by Gasteiger charge is -2.13. The molecule has 104 valence electrons. The number of rotatable bonds is 3. The maximum atomic E-state index is 12.8. The number of pyridine rings is 1. The van der Waals surface area contributed by atoms with Crippen molar-refractivity contribution in [2.75, 3.05) is 5.32 Å². The molecule has 4 nitrogen and oxygen atoms in total. The van der Waals surface area contributed by atoms with Gasteiger partial charge in [-0.15, -0.1) is 0 Å². The van der Waals surface area contributed by atoms with Crippen molar-refractivity contribution in [3.8, 4) is 0 Å². The van der Waals surface area contributed by atoms with Crippen molar-refractivity contribution in [3.05, 3.63) is 53.7 Å². The number of aromatic carboxylic acids is 1. The van der Waals surface area contributed by atoms with Gasteiger partial charge in [-0.3, -0.25) is 0 Å². The molecule has 0 amide bonds. The quantitative estimate of drug-likeness (QED) is 0.903. The minimum atomic E-state index is -4.51. The highest BCUT2D eigenvalue weighted by Gasteiger charge is 2.33. The highest BCUT2D eigenvalue weighted by Crippen LogP contribution is 2.35. The lowest BCUT2D eigenvalue weighted by Crippen LogP contribution is -2.09. The minimum absolute atomic E-state index is 0.0293. The molecule has 7 heteroatoms. The molecule has 0 aliphatic rings. The Morgan fingerprint density at radius 2 is 1.80 bits per heavy atom. The molecule has 0 saturated heterocycles. The standard InChI is InChI=1S/C13H9F3N2O2/c14-13(15,16)8-4-1-2-5-9(8)17-11-7-3-6-10(18-11)12(19)20/h1-7H,(H,17,18)(H,19,20). The summed E-state index contributed by atoms with van der Waals surface area (Å²) in [6.07, 6.45) is -4.51. The van der Waals surface area contributed by atoms with Crippen LogP contribution in [0.4, 0.5) is 24.7 Å². The number of carboxylic acid groups (broad SMARTS) is 1. The zero-order valence-corrected chi connectivity index (χ0v) is 9.98. The van der Waals surface area contributed by atoms with E-state index < -0.39 is 17.7 Å². The molecule has 0 radical (unpaired) electrons. The van der Waals surface area contributed by atoms with Crippen LogP contribution in [0.25, 0.3) is 0 Å². The van der Waals surface area contributed by atoms with Crippen LogP contribution in [0.2, 0.25) is 0 Å². The molecule has 0 saturated carbocycles. The Kier molecular flexibility index (Phi) is 3.60. The summed E-state index contributed by atoms with van der Waals surface area (Å²) in [5.41, 5.74) is -1.28. The first-order chi connectivity index (χ1) is 9.38. The first-order valence-corrected chi connectivity index (χ1v) is 5.51. The van der Waals surface area contributed by atoms with E-state index in [0.717, 1.165) is 6.07 Å². The average molecular weight is 282 g/mol. The van der Waals surface area contributed by atoms with Crippen LogP contribution in [0, 0.1) is 0 Å². The Hall–Kier alpha value is -2.57. The van der Waals surface area contributed by atoms with Gasteiger partial charge >= 0.3 is 12.1 Å². The van der Waals surface area contributed by atoms with Gasteiger partial charge in [0.25, 0.3) is 0 Å². The van der Waals surface area contributed by atoms with Crippen molar-refractivity contribution >= 4 is 17.5 Å². The first kappa shape index (κ1) is 13.9. The Balaban J connectivity index is 2.36. The molecule has 20 heavy (non-hydrogen) atoms. The number of anilines is 2. The summed E-state index contributed by atoms with van der Waals surface area (Å²) in [5, 5.41) is 11.3. The number of para-hydroxylation sites is 1. The zero-order valence-electron chi connectivity index (χ0n) is 9.98. The van der Waals surface area contributed by atoms with Gasteiger partial charge in [-0.1, -0.05) is 18.2 Å². The van der Waals surface area contributed by atoms with Crippen molar-refractivity contribution in [2.45, 2.75) is 6.18 Å². The Labute approximate surface area is 111 Å². The average Bonchev–Trinajstić information content (AvgIpc) is 2.38. The van der Waals surface area contributed by atoms with E-state index in [0.29, 0.717) is 0 Å². The second kappa shape index (κ2) is 5.20. The van der Waals surface area contributed by atoms with E-state index in [-0.39, 0.29) is 17.2 Å². The second-order valence-electron chi connectivity index (χ2n) is 3.88. The van der Waals surface area contributed by atoms with Crippen LogP contribution in [0.15, 0.2) is 42.5 Å². The molecular weight excluding hydrogens is 273 g/mol. The number of carboxylic acids is 1. The van der Waals surface area contributed by atoms with Crippen molar-refractivity contribution in [1.82, 2.24) is 4.98 Å². The van der Waals surface area contributed by atoms with E-state index in [1.165, 1.54) is 36.4 Å². The molecule has 0 atom stereocenters. The van der Waals surface area contributed by atoms with E-state index in [9.17, 15) is 18.0 Å². The number of aromatic nitrogens is 1.